The lowest BCUT2D eigenvalue weighted by atomic mass is 9.96. The van der Waals surface area contributed by atoms with E-state index in [1.54, 1.807) is 84.9 Å². The van der Waals surface area contributed by atoms with E-state index in [9.17, 15) is 40.9 Å². The van der Waals surface area contributed by atoms with Gasteiger partial charge in [-0.15, -0.1) is 0 Å². The molecule has 0 amide bonds. The number of phenols is 8. The molecule has 9 heteroatoms. The second kappa shape index (κ2) is 11.0. The summed E-state index contributed by atoms with van der Waals surface area (Å²) in [4.78, 5) is 0.979. The summed E-state index contributed by atoms with van der Waals surface area (Å²) in [5, 5.41) is 94.5. The van der Waals surface area contributed by atoms with Crippen molar-refractivity contribution in [3.63, 3.8) is 0 Å². The second-order valence-corrected chi connectivity index (χ2v) is 11.0. The van der Waals surface area contributed by atoms with Crippen LogP contribution in [-0.4, -0.2) is 40.9 Å². The van der Waals surface area contributed by atoms with E-state index in [0.29, 0.717) is 16.2 Å². The van der Waals surface area contributed by atoms with Gasteiger partial charge in [0.05, 0.1) is 16.8 Å². The van der Waals surface area contributed by atoms with E-state index in [0.717, 1.165) is 10.3 Å². The van der Waals surface area contributed by atoms with Gasteiger partial charge in [0, 0.05) is 5.39 Å². The zero-order valence-electron chi connectivity index (χ0n) is 24.5. The van der Waals surface area contributed by atoms with Crippen LogP contribution in [0, 0.1) is 0 Å². The van der Waals surface area contributed by atoms with Crippen LogP contribution in [0.5, 0.6) is 46.0 Å². The van der Waals surface area contributed by atoms with Gasteiger partial charge in [0.15, 0.2) is 46.0 Å². The van der Waals surface area contributed by atoms with Crippen molar-refractivity contribution in [2.75, 3.05) is 4.90 Å². The third kappa shape index (κ3) is 4.40. The molecule has 0 bridgehead atoms. The number of nitrogens with zero attached hydrogens (tertiary/aromatic N) is 1. The number of anilines is 3. The van der Waals surface area contributed by atoms with Crippen LogP contribution < -0.4 is 4.90 Å². The van der Waals surface area contributed by atoms with Gasteiger partial charge in [-0.1, -0.05) is 109 Å². The molecular formula is C38H27NO8. The molecule has 0 unspecified atom stereocenters. The molecule has 7 aromatic rings. The summed E-state index contributed by atoms with van der Waals surface area (Å²) in [6.45, 7) is 0. The third-order valence-corrected chi connectivity index (χ3v) is 8.30. The lowest BCUT2D eigenvalue weighted by molar-refractivity contribution is 0.372. The van der Waals surface area contributed by atoms with Gasteiger partial charge in [0.25, 0.3) is 0 Å². The second-order valence-electron chi connectivity index (χ2n) is 11.0. The molecule has 0 aliphatic carbocycles. The van der Waals surface area contributed by atoms with Crippen molar-refractivity contribution >= 4 is 38.6 Å². The first-order chi connectivity index (χ1) is 22.7. The minimum atomic E-state index is -0.929. The van der Waals surface area contributed by atoms with Gasteiger partial charge in [-0.25, -0.2) is 0 Å². The van der Waals surface area contributed by atoms with Gasteiger partial charge in [0.2, 0.25) is 0 Å². The number of hydrogen-bond acceptors (Lipinski definition) is 9. The fourth-order valence-electron chi connectivity index (χ4n) is 6.12. The van der Waals surface area contributed by atoms with Crippen LogP contribution in [0.1, 0.15) is 0 Å². The van der Waals surface area contributed by atoms with E-state index in [2.05, 4.69) is 0 Å². The van der Waals surface area contributed by atoms with Gasteiger partial charge in [0.1, 0.15) is 11.4 Å². The van der Waals surface area contributed by atoms with Gasteiger partial charge < -0.3 is 40.9 Å². The van der Waals surface area contributed by atoms with Crippen LogP contribution >= 0.6 is 0 Å². The van der Waals surface area contributed by atoms with Crippen molar-refractivity contribution in [3.05, 3.63) is 115 Å². The quantitative estimate of drug-likeness (QED) is 0.0532. The molecular weight excluding hydrogens is 598 g/mol. The maximum atomic E-state index is 11.6. The van der Waals surface area contributed by atoms with Crippen LogP contribution in [0.3, 0.4) is 0 Å². The highest BCUT2D eigenvalue weighted by Crippen LogP contribution is 2.64. The average Bonchev–Trinajstić information content (AvgIpc) is 3.10. The van der Waals surface area contributed by atoms with Gasteiger partial charge in [-0.3, -0.25) is 4.90 Å². The molecule has 47 heavy (non-hydrogen) atoms. The Bertz CT molecular complexity index is 2170. The Labute approximate surface area is 267 Å². The fraction of sp³-hybridized carbons (Fsp3) is 0. The Morgan fingerprint density at radius 3 is 1.15 bits per heavy atom. The predicted octanol–water partition coefficient (Wildman–Crippen LogP) is 8.44. The smallest absolute Gasteiger partial charge is 0.186 e. The molecule has 0 saturated carbocycles. The molecule has 0 heterocycles. The normalized spacial score (nSPS) is 11.2. The Morgan fingerprint density at radius 2 is 0.702 bits per heavy atom. The summed E-state index contributed by atoms with van der Waals surface area (Å²) in [5.74, 6) is -6.98. The first-order valence-corrected chi connectivity index (χ1v) is 14.5. The van der Waals surface area contributed by atoms with Crippen molar-refractivity contribution in [1.29, 1.82) is 0 Å². The molecule has 7 aromatic carbocycles. The van der Waals surface area contributed by atoms with Crippen molar-refractivity contribution in [2.24, 2.45) is 0 Å². The molecule has 0 fully saturated rings. The van der Waals surface area contributed by atoms with Crippen molar-refractivity contribution in [1.82, 2.24) is 0 Å². The third-order valence-electron chi connectivity index (χ3n) is 8.30. The van der Waals surface area contributed by atoms with Crippen LogP contribution in [0.25, 0.3) is 43.8 Å². The lowest BCUT2D eigenvalue weighted by Gasteiger charge is -2.31. The van der Waals surface area contributed by atoms with E-state index in [-0.39, 0.29) is 27.9 Å². The Kier molecular flexibility index (Phi) is 6.79. The van der Waals surface area contributed by atoms with E-state index >= 15 is 0 Å². The zero-order valence-corrected chi connectivity index (χ0v) is 24.5. The van der Waals surface area contributed by atoms with Crippen LogP contribution in [-0.2, 0) is 0 Å². The van der Waals surface area contributed by atoms with Gasteiger partial charge >= 0.3 is 0 Å². The molecule has 0 aliphatic rings. The van der Waals surface area contributed by atoms with E-state index < -0.39 is 57.4 Å². The molecule has 9 nitrogen and oxygen atoms in total. The monoisotopic (exact) mass is 625 g/mol. The maximum Gasteiger partial charge on any atom is 0.186 e. The van der Waals surface area contributed by atoms with Crippen LogP contribution in [0.2, 0.25) is 0 Å². The SMILES string of the molecule is Oc1c(O)c(N(c2c(O)c(O)c(-c3ccccc3)c(O)c2O)c2cc3ccccc3c3ccccc23)c(O)c(O)c1-c1ccccc1. The van der Waals surface area contributed by atoms with Crippen molar-refractivity contribution in [2.45, 2.75) is 0 Å². The van der Waals surface area contributed by atoms with Crippen molar-refractivity contribution < 1.29 is 40.9 Å². The summed E-state index contributed by atoms with van der Waals surface area (Å²) in [6.07, 6.45) is 0. The maximum absolute atomic E-state index is 11.6. The standard InChI is InChI=1S/C38H27NO8/c40-31-27(20-11-3-1-4-12-20)32(41)36(45)29(35(31)44)39(26-19-22-15-7-8-16-23(22)24-17-9-10-18-25(24)26)30-37(46)33(42)28(34(43)38(30)47)21-13-5-2-6-14-21/h1-19,40-47H. The first-order valence-electron chi connectivity index (χ1n) is 14.5. The lowest BCUT2D eigenvalue weighted by Crippen LogP contribution is -2.12. The van der Waals surface area contributed by atoms with Gasteiger partial charge in [-0.05, 0) is 33.4 Å². The molecule has 0 aliphatic heterocycles. The number of fused-ring (bicyclic) bond motifs is 3. The molecule has 0 atom stereocenters. The highest BCUT2D eigenvalue weighted by atomic mass is 16.3. The summed E-state index contributed by atoms with van der Waals surface area (Å²) in [6, 6.07) is 32.3. The zero-order chi connectivity index (χ0) is 33.0. The van der Waals surface area contributed by atoms with Crippen molar-refractivity contribution in [3.8, 4) is 68.2 Å². The summed E-state index contributed by atoms with van der Waals surface area (Å²) in [7, 11) is 0. The molecule has 0 radical (unpaired) electrons. The minimum Gasteiger partial charge on any atom is -0.504 e. The topological polar surface area (TPSA) is 165 Å². The molecule has 7 rings (SSSR count). The predicted molar refractivity (Wildman–Crippen MR) is 180 cm³/mol. The van der Waals surface area contributed by atoms with E-state index in [4.69, 9.17) is 0 Å². The summed E-state index contributed by atoms with van der Waals surface area (Å²) in [5.41, 5.74) is -1.18. The van der Waals surface area contributed by atoms with Gasteiger partial charge in [-0.2, -0.15) is 0 Å². The summed E-state index contributed by atoms with van der Waals surface area (Å²) >= 11 is 0. The Balaban J connectivity index is 1.63. The highest BCUT2D eigenvalue weighted by molar-refractivity contribution is 6.16. The van der Waals surface area contributed by atoms with E-state index in [1.807, 2.05) is 30.3 Å². The molecule has 8 N–H and O–H groups in total. The van der Waals surface area contributed by atoms with Crippen LogP contribution in [0.15, 0.2) is 115 Å². The van der Waals surface area contributed by atoms with E-state index in [1.165, 1.54) is 0 Å². The fourth-order valence-corrected chi connectivity index (χ4v) is 6.12. The molecule has 0 aromatic heterocycles. The largest absolute Gasteiger partial charge is 0.504 e. The Hall–Kier alpha value is -6.74. The first kappa shape index (κ1) is 29.0. The number of aromatic hydroxyl groups is 8. The minimum absolute atomic E-state index is 0.132. The van der Waals surface area contributed by atoms with Crippen LogP contribution in [0.4, 0.5) is 17.1 Å². The molecule has 232 valence electrons. The number of hydrogen-bond donors (Lipinski definition) is 8. The number of phenolic OH excluding ortho intramolecular Hbond substituents is 8. The molecule has 0 spiro atoms. The Morgan fingerprint density at radius 1 is 0.340 bits per heavy atom. The summed E-state index contributed by atoms with van der Waals surface area (Å²) < 4.78 is 0. The average molecular weight is 626 g/mol. The number of benzene rings is 7. The molecule has 0 saturated heterocycles. The number of rotatable bonds is 5. The highest BCUT2D eigenvalue weighted by Gasteiger charge is 2.36.